The molecule has 2 fully saturated rings. The van der Waals surface area contributed by atoms with E-state index in [9.17, 15) is 0 Å². The second-order valence-electron chi connectivity index (χ2n) is 3.05. The fourth-order valence-corrected chi connectivity index (χ4v) is 2.32. The van der Waals surface area contributed by atoms with Gasteiger partial charge in [0.05, 0.1) is 12.2 Å². The predicted molar refractivity (Wildman–Crippen MR) is 39.9 cm³/mol. The van der Waals surface area contributed by atoms with E-state index >= 15 is 0 Å². The van der Waals surface area contributed by atoms with Gasteiger partial charge in [0, 0.05) is 0 Å². The van der Waals surface area contributed by atoms with Crippen LogP contribution in [0.5, 0.6) is 0 Å². The van der Waals surface area contributed by atoms with Crippen LogP contribution in [0.2, 0.25) is 0 Å². The van der Waals surface area contributed by atoms with Crippen molar-refractivity contribution in [2.75, 3.05) is 5.75 Å². The lowest BCUT2D eigenvalue weighted by atomic mass is 9.91. The van der Waals surface area contributed by atoms with Crippen molar-refractivity contribution in [1.29, 1.82) is 0 Å². The van der Waals surface area contributed by atoms with E-state index in [2.05, 4.69) is 12.6 Å². The summed E-state index contributed by atoms with van der Waals surface area (Å²) in [7, 11) is 0. The maximum Gasteiger partial charge on any atom is 0.0616 e. The van der Waals surface area contributed by atoms with Crippen molar-refractivity contribution in [2.45, 2.75) is 31.5 Å². The second kappa shape index (κ2) is 2.17. The molecule has 0 radical (unpaired) electrons. The molecule has 0 spiro atoms. The van der Waals surface area contributed by atoms with Gasteiger partial charge in [0.15, 0.2) is 0 Å². The molecular formula is C7H12OS. The SMILES string of the molecule is SCC1CC2CCC1O2. The molecule has 0 aromatic carbocycles. The van der Waals surface area contributed by atoms with E-state index < -0.39 is 0 Å². The first kappa shape index (κ1) is 6.05. The summed E-state index contributed by atoms with van der Waals surface area (Å²) in [6.07, 6.45) is 5.04. The first-order valence-electron chi connectivity index (χ1n) is 3.66. The van der Waals surface area contributed by atoms with Gasteiger partial charge in [0.2, 0.25) is 0 Å². The third-order valence-electron chi connectivity index (χ3n) is 2.47. The standard InChI is InChI=1S/C7H12OS/c9-4-5-3-6-1-2-7(5)8-6/h5-7,9H,1-4H2. The Morgan fingerprint density at radius 3 is 2.67 bits per heavy atom. The first-order chi connectivity index (χ1) is 4.40. The molecule has 0 aromatic heterocycles. The summed E-state index contributed by atoms with van der Waals surface area (Å²) in [5.41, 5.74) is 0. The number of hydrogen-bond donors (Lipinski definition) is 1. The van der Waals surface area contributed by atoms with Crippen LogP contribution in [-0.2, 0) is 4.74 Å². The predicted octanol–water partition coefficient (Wildman–Crippen LogP) is 1.48. The number of hydrogen-bond acceptors (Lipinski definition) is 2. The lowest BCUT2D eigenvalue weighted by Gasteiger charge is -2.14. The van der Waals surface area contributed by atoms with Crippen molar-refractivity contribution in [2.24, 2.45) is 5.92 Å². The van der Waals surface area contributed by atoms with Crippen LogP contribution in [0, 0.1) is 5.92 Å². The Hall–Kier alpha value is 0.310. The molecule has 9 heavy (non-hydrogen) atoms. The highest BCUT2D eigenvalue weighted by molar-refractivity contribution is 7.80. The molecule has 0 aliphatic carbocycles. The Balaban J connectivity index is 2.01. The molecule has 0 saturated carbocycles. The Morgan fingerprint density at radius 2 is 2.33 bits per heavy atom. The van der Waals surface area contributed by atoms with Crippen molar-refractivity contribution in [1.82, 2.24) is 0 Å². The van der Waals surface area contributed by atoms with Gasteiger partial charge in [-0.05, 0) is 30.9 Å². The molecular weight excluding hydrogens is 132 g/mol. The zero-order valence-corrected chi connectivity index (χ0v) is 6.31. The van der Waals surface area contributed by atoms with E-state index in [-0.39, 0.29) is 0 Å². The fourth-order valence-electron chi connectivity index (χ4n) is 1.94. The number of ether oxygens (including phenoxy) is 1. The van der Waals surface area contributed by atoms with Crippen LogP contribution < -0.4 is 0 Å². The van der Waals surface area contributed by atoms with E-state index in [4.69, 9.17) is 4.74 Å². The van der Waals surface area contributed by atoms with Crippen LogP contribution in [0.3, 0.4) is 0 Å². The summed E-state index contributed by atoms with van der Waals surface area (Å²) in [6.45, 7) is 0. The zero-order chi connectivity index (χ0) is 6.27. The van der Waals surface area contributed by atoms with E-state index in [0.29, 0.717) is 12.2 Å². The number of rotatable bonds is 1. The maximum atomic E-state index is 5.63. The molecule has 3 atom stereocenters. The monoisotopic (exact) mass is 144 g/mol. The third kappa shape index (κ3) is 0.887. The van der Waals surface area contributed by atoms with Crippen LogP contribution in [0.15, 0.2) is 0 Å². The molecule has 0 aromatic rings. The number of thiol groups is 1. The highest BCUT2D eigenvalue weighted by Crippen LogP contribution is 2.38. The summed E-state index contributed by atoms with van der Waals surface area (Å²) < 4.78 is 5.63. The van der Waals surface area contributed by atoms with Crippen LogP contribution in [0.25, 0.3) is 0 Å². The average Bonchev–Trinajstić information content (AvgIpc) is 2.45. The molecule has 2 saturated heterocycles. The van der Waals surface area contributed by atoms with Crippen molar-refractivity contribution in [3.8, 4) is 0 Å². The Kier molecular flexibility index (Phi) is 1.46. The van der Waals surface area contributed by atoms with Crippen LogP contribution in [0.4, 0.5) is 0 Å². The Bertz CT molecular complexity index is 115. The maximum absolute atomic E-state index is 5.63. The molecule has 0 N–H and O–H groups in total. The summed E-state index contributed by atoms with van der Waals surface area (Å²) in [5.74, 6) is 1.79. The van der Waals surface area contributed by atoms with Gasteiger partial charge in [-0.15, -0.1) is 0 Å². The van der Waals surface area contributed by atoms with Gasteiger partial charge in [0.1, 0.15) is 0 Å². The lowest BCUT2D eigenvalue weighted by Crippen LogP contribution is -2.17. The number of fused-ring (bicyclic) bond motifs is 2. The molecule has 2 heterocycles. The highest BCUT2D eigenvalue weighted by Gasteiger charge is 2.39. The van der Waals surface area contributed by atoms with E-state index in [1.54, 1.807) is 0 Å². The second-order valence-corrected chi connectivity index (χ2v) is 3.42. The van der Waals surface area contributed by atoms with Gasteiger partial charge >= 0.3 is 0 Å². The smallest absolute Gasteiger partial charge is 0.0616 e. The van der Waals surface area contributed by atoms with Crippen LogP contribution >= 0.6 is 12.6 Å². The molecule has 0 amide bonds. The molecule has 1 nitrogen and oxygen atoms in total. The van der Waals surface area contributed by atoms with Gasteiger partial charge in [-0.25, -0.2) is 0 Å². The van der Waals surface area contributed by atoms with Crippen molar-refractivity contribution >= 4 is 12.6 Å². The fraction of sp³-hybridized carbons (Fsp3) is 1.00. The van der Waals surface area contributed by atoms with Crippen LogP contribution in [-0.4, -0.2) is 18.0 Å². The molecule has 3 unspecified atom stereocenters. The minimum atomic E-state index is 0.576. The van der Waals surface area contributed by atoms with Gasteiger partial charge in [-0.1, -0.05) is 0 Å². The first-order valence-corrected chi connectivity index (χ1v) is 4.29. The topological polar surface area (TPSA) is 9.23 Å². The molecule has 2 aliphatic rings. The highest BCUT2D eigenvalue weighted by atomic mass is 32.1. The molecule has 2 rings (SSSR count). The van der Waals surface area contributed by atoms with Crippen molar-refractivity contribution in [3.05, 3.63) is 0 Å². The third-order valence-corrected chi connectivity index (χ3v) is 2.94. The van der Waals surface area contributed by atoms with E-state index in [0.717, 1.165) is 11.7 Å². The van der Waals surface area contributed by atoms with Gasteiger partial charge in [-0.2, -0.15) is 12.6 Å². The summed E-state index contributed by atoms with van der Waals surface area (Å²) in [4.78, 5) is 0. The Labute approximate surface area is 61.2 Å². The van der Waals surface area contributed by atoms with Gasteiger partial charge in [0.25, 0.3) is 0 Å². The van der Waals surface area contributed by atoms with E-state index in [1.165, 1.54) is 19.3 Å². The largest absolute Gasteiger partial charge is 0.375 e. The van der Waals surface area contributed by atoms with Crippen molar-refractivity contribution < 1.29 is 4.74 Å². The zero-order valence-electron chi connectivity index (χ0n) is 5.42. The average molecular weight is 144 g/mol. The summed E-state index contributed by atoms with van der Waals surface area (Å²) >= 11 is 4.27. The quantitative estimate of drug-likeness (QED) is 0.548. The van der Waals surface area contributed by atoms with Gasteiger partial charge in [-0.3, -0.25) is 0 Å². The lowest BCUT2D eigenvalue weighted by molar-refractivity contribution is 0.0955. The molecule has 2 aliphatic heterocycles. The molecule has 2 heteroatoms. The van der Waals surface area contributed by atoms with E-state index in [1.807, 2.05) is 0 Å². The minimum Gasteiger partial charge on any atom is -0.375 e. The Morgan fingerprint density at radius 1 is 1.44 bits per heavy atom. The normalized spacial score (nSPS) is 48.3. The molecule has 2 bridgehead atoms. The minimum absolute atomic E-state index is 0.576. The summed E-state index contributed by atoms with van der Waals surface area (Å²) in [6, 6.07) is 0. The molecule has 52 valence electrons. The van der Waals surface area contributed by atoms with Crippen molar-refractivity contribution in [3.63, 3.8) is 0 Å². The summed E-state index contributed by atoms with van der Waals surface area (Å²) in [5, 5.41) is 0. The van der Waals surface area contributed by atoms with Crippen LogP contribution in [0.1, 0.15) is 19.3 Å². The van der Waals surface area contributed by atoms with Gasteiger partial charge < -0.3 is 4.74 Å².